The Bertz CT molecular complexity index is 1330. The van der Waals surface area contributed by atoms with E-state index in [4.69, 9.17) is 9.26 Å². The summed E-state index contributed by atoms with van der Waals surface area (Å²) < 4.78 is 11.8. The first-order valence-electron chi connectivity index (χ1n) is 10.1. The van der Waals surface area contributed by atoms with Crippen molar-refractivity contribution in [2.24, 2.45) is 5.92 Å². The zero-order valence-corrected chi connectivity index (χ0v) is 17.0. The van der Waals surface area contributed by atoms with Gasteiger partial charge in [-0.3, -0.25) is 9.59 Å². The Labute approximate surface area is 178 Å². The van der Waals surface area contributed by atoms with Gasteiger partial charge in [-0.1, -0.05) is 23.4 Å². The molecule has 7 heteroatoms. The molecular formula is C24H21N3O4. The molecule has 2 aromatic carbocycles. The minimum Gasteiger partial charge on any atom is -0.380 e. The van der Waals surface area contributed by atoms with Crippen LogP contribution in [0, 0.1) is 12.8 Å². The van der Waals surface area contributed by atoms with Crippen LogP contribution >= 0.6 is 0 Å². The van der Waals surface area contributed by atoms with Crippen molar-refractivity contribution in [3.63, 3.8) is 0 Å². The van der Waals surface area contributed by atoms with Gasteiger partial charge in [0, 0.05) is 22.8 Å². The average molecular weight is 415 g/mol. The summed E-state index contributed by atoms with van der Waals surface area (Å²) in [5.74, 6) is -0.122. The fraction of sp³-hybridized carbons (Fsp3) is 0.208. The molecule has 1 aliphatic rings. The zero-order valence-electron chi connectivity index (χ0n) is 17.0. The van der Waals surface area contributed by atoms with Gasteiger partial charge in [-0.2, -0.15) is 0 Å². The third-order valence-electron chi connectivity index (χ3n) is 5.59. The summed E-state index contributed by atoms with van der Waals surface area (Å²) >= 11 is 0. The molecule has 0 atom stereocenters. The smallest absolute Gasteiger partial charge is 0.258 e. The Hall–Kier alpha value is -3.71. The van der Waals surface area contributed by atoms with Crippen molar-refractivity contribution in [2.45, 2.75) is 13.5 Å². The number of rotatable bonds is 5. The Morgan fingerprint density at radius 1 is 1.19 bits per heavy atom. The first-order valence-corrected chi connectivity index (χ1v) is 10.1. The molecular weight excluding hydrogens is 394 g/mol. The van der Waals surface area contributed by atoms with E-state index in [1.165, 1.54) is 0 Å². The predicted molar refractivity (Wildman–Crippen MR) is 117 cm³/mol. The molecule has 1 saturated heterocycles. The van der Waals surface area contributed by atoms with Gasteiger partial charge >= 0.3 is 0 Å². The molecule has 5 rings (SSSR count). The second-order valence-corrected chi connectivity index (χ2v) is 7.79. The number of carbonyl (C=O) groups is 1. The lowest BCUT2D eigenvalue weighted by molar-refractivity contribution is -0.133. The Morgan fingerprint density at radius 3 is 2.81 bits per heavy atom. The van der Waals surface area contributed by atoms with Crippen LogP contribution in [-0.4, -0.2) is 28.8 Å². The highest BCUT2D eigenvalue weighted by Crippen LogP contribution is 2.25. The zero-order chi connectivity index (χ0) is 21.4. The van der Waals surface area contributed by atoms with Crippen molar-refractivity contribution in [3.05, 3.63) is 82.6 Å². The molecule has 0 bridgehead atoms. The van der Waals surface area contributed by atoms with Gasteiger partial charge in [0.2, 0.25) is 5.91 Å². The third kappa shape index (κ3) is 3.75. The van der Waals surface area contributed by atoms with Gasteiger partial charge in [0.25, 0.3) is 5.56 Å². The topological polar surface area (TPSA) is 86.4 Å². The molecule has 1 amide bonds. The second kappa shape index (κ2) is 7.85. The van der Waals surface area contributed by atoms with Crippen LogP contribution < -0.4 is 10.9 Å². The molecule has 0 saturated carbocycles. The standard InChI is InChI=1S/C24H21N3O4/c1-15-22(14-31-26-15)17-5-6-21-18(10-17)7-8-27(24(21)29)11-16-3-2-4-20(9-16)25-23(28)19-12-30-13-19/h2-10,14,19H,11-13H2,1H3,(H,25,28). The van der Waals surface area contributed by atoms with Crippen molar-refractivity contribution in [1.82, 2.24) is 9.72 Å². The Morgan fingerprint density at radius 2 is 2.06 bits per heavy atom. The number of pyridine rings is 1. The molecule has 31 heavy (non-hydrogen) atoms. The lowest BCUT2D eigenvalue weighted by Gasteiger charge is -2.24. The van der Waals surface area contributed by atoms with Crippen LogP contribution in [0.5, 0.6) is 0 Å². The molecule has 3 heterocycles. The molecule has 0 aliphatic carbocycles. The Kier molecular flexibility index (Phi) is 4.88. The molecule has 0 radical (unpaired) electrons. The summed E-state index contributed by atoms with van der Waals surface area (Å²) in [5.41, 5.74) is 4.27. The highest BCUT2D eigenvalue weighted by molar-refractivity contribution is 5.93. The van der Waals surface area contributed by atoms with Gasteiger partial charge in [-0.05, 0) is 53.8 Å². The number of fused-ring (bicyclic) bond motifs is 1. The van der Waals surface area contributed by atoms with Gasteiger partial charge in [0.15, 0.2) is 0 Å². The van der Waals surface area contributed by atoms with E-state index in [0.717, 1.165) is 33.5 Å². The maximum atomic E-state index is 13.0. The van der Waals surface area contributed by atoms with Crippen LogP contribution in [0.2, 0.25) is 0 Å². The van der Waals surface area contributed by atoms with Gasteiger partial charge in [-0.25, -0.2) is 0 Å². The van der Waals surface area contributed by atoms with Crippen molar-refractivity contribution < 1.29 is 14.1 Å². The number of hydrogen-bond acceptors (Lipinski definition) is 5. The normalized spacial score (nSPS) is 13.8. The number of amides is 1. The van der Waals surface area contributed by atoms with E-state index in [0.29, 0.717) is 25.1 Å². The summed E-state index contributed by atoms with van der Waals surface area (Å²) in [7, 11) is 0. The highest BCUT2D eigenvalue weighted by Gasteiger charge is 2.26. The molecule has 0 spiro atoms. The number of benzene rings is 2. The summed E-state index contributed by atoms with van der Waals surface area (Å²) in [5, 5.41) is 8.35. The largest absolute Gasteiger partial charge is 0.380 e. The first kappa shape index (κ1) is 19.3. The number of carbonyl (C=O) groups excluding carboxylic acids is 1. The molecule has 2 aromatic heterocycles. The van der Waals surface area contributed by atoms with Crippen molar-refractivity contribution >= 4 is 22.4 Å². The van der Waals surface area contributed by atoms with Crippen LogP contribution in [0.3, 0.4) is 0 Å². The number of anilines is 1. The van der Waals surface area contributed by atoms with Crippen LogP contribution in [-0.2, 0) is 16.1 Å². The second-order valence-electron chi connectivity index (χ2n) is 7.79. The van der Waals surface area contributed by atoms with Crippen LogP contribution in [0.4, 0.5) is 5.69 Å². The predicted octanol–water partition coefficient (Wildman–Crippen LogP) is 3.60. The van der Waals surface area contributed by atoms with E-state index in [-0.39, 0.29) is 17.4 Å². The molecule has 156 valence electrons. The molecule has 0 unspecified atom stereocenters. The lowest BCUT2D eigenvalue weighted by Crippen LogP contribution is -2.38. The van der Waals surface area contributed by atoms with Crippen LogP contribution in [0.25, 0.3) is 21.9 Å². The van der Waals surface area contributed by atoms with E-state index in [9.17, 15) is 9.59 Å². The molecule has 1 aliphatic heterocycles. The summed E-state index contributed by atoms with van der Waals surface area (Å²) in [6, 6.07) is 15.2. The van der Waals surface area contributed by atoms with Gasteiger partial charge < -0.3 is 19.1 Å². The monoisotopic (exact) mass is 415 g/mol. The quantitative estimate of drug-likeness (QED) is 0.538. The van der Waals surface area contributed by atoms with Crippen molar-refractivity contribution in [1.29, 1.82) is 0 Å². The first-order chi connectivity index (χ1) is 15.1. The molecule has 4 aromatic rings. The van der Waals surface area contributed by atoms with E-state index in [2.05, 4.69) is 10.5 Å². The number of aromatic nitrogens is 2. The van der Waals surface area contributed by atoms with Gasteiger partial charge in [0.1, 0.15) is 6.26 Å². The summed E-state index contributed by atoms with van der Waals surface area (Å²) in [4.78, 5) is 25.2. The third-order valence-corrected chi connectivity index (χ3v) is 5.59. The maximum absolute atomic E-state index is 13.0. The summed E-state index contributed by atoms with van der Waals surface area (Å²) in [6.45, 7) is 3.24. The lowest BCUT2D eigenvalue weighted by atomic mass is 10.0. The number of nitrogens with one attached hydrogen (secondary N) is 1. The van der Waals surface area contributed by atoms with Crippen LogP contribution in [0.15, 0.2) is 70.3 Å². The van der Waals surface area contributed by atoms with Crippen molar-refractivity contribution in [3.8, 4) is 11.1 Å². The molecule has 1 fully saturated rings. The summed E-state index contributed by atoms with van der Waals surface area (Å²) in [6.07, 6.45) is 3.41. The Balaban J connectivity index is 1.40. The van der Waals surface area contributed by atoms with E-state index < -0.39 is 0 Å². The number of ether oxygens (including phenoxy) is 1. The fourth-order valence-corrected chi connectivity index (χ4v) is 3.73. The average Bonchev–Trinajstić information content (AvgIpc) is 3.15. The fourth-order valence-electron chi connectivity index (χ4n) is 3.73. The van der Waals surface area contributed by atoms with E-state index in [1.807, 2.05) is 55.5 Å². The van der Waals surface area contributed by atoms with Crippen molar-refractivity contribution in [2.75, 3.05) is 18.5 Å². The number of hydrogen-bond donors (Lipinski definition) is 1. The van der Waals surface area contributed by atoms with Crippen LogP contribution in [0.1, 0.15) is 11.3 Å². The number of aryl methyl sites for hydroxylation is 1. The molecule has 7 nitrogen and oxygen atoms in total. The molecule has 1 N–H and O–H groups in total. The highest BCUT2D eigenvalue weighted by atomic mass is 16.5. The van der Waals surface area contributed by atoms with E-state index in [1.54, 1.807) is 17.0 Å². The van der Waals surface area contributed by atoms with E-state index >= 15 is 0 Å². The van der Waals surface area contributed by atoms with Gasteiger partial charge in [0.05, 0.1) is 31.4 Å². The SMILES string of the molecule is Cc1nocc1-c1ccc2c(=O)n(Cc3cccc(NC(=O)C4COC4)c3)ccc2c1. The number of nitrogens with zero attached hydrogens (tertiary/aromatic N) is 2. The maximum Gasteiger partial charge on any atom is 0.258 e. The minimum atomic E-state index is -0.0849. The van der Waals surface area contributed by atoms with Gasteiger partial charge in [-0.15, -0.1) is 0 Å². The minimum absolute atomic E-state index is 0.0369.